The van der Waals surface area contributed by atoms with Gasteiger partial charge in [0, 0.05) is 5.56 Å². The lowest BCUT2D eigenvalue weighted by Crippen LogP contribution is -2.22. The lowest BCUT2D eigenvalue weighted by molar-refractivity contribution is -0.141. The first-order chi connectivity index (χ1) is 8.81. The minimum Gasteiger partial charge on any atom is -0.508 e. The number of carbonyl (C=O) groups is 2. The molecule has 0 aromatic heterocycles. The number of aliphatic carboxylic acids is 2. The summed E-state index contributed by atoms with van der Waals surface area (Å²) in [5.74, 6) is -2.73. The molecule has 2 atom stereocenters. The van der Waals surface area contributed by atoms with Crippen LogP contribution in [0.3, 0.4) is 0 Å². The van der Waals surface area contributed by atoms with Crippen LogP contribution in [0, 0.1) is 0 Å². The standard InChI is InChI=1S/C12H14O7/c13-8-2-1-6(4-10(15)16)3-7(8)12(19)9(14)5-11(17)18/h1-3,9,12-14,19H,4-5H2,(H,15,16)(H,17,18). The summed E-state index contributed by atoms with van der Waals surface area (Å²) in [5.41, 5.74) is 0.217. The number of aromatic hydroxyl groups is 1. The van der Waals surface area contributed by atoms with Crippen molar-refractivity contribution < 1.29 is 35.1 Å². The van der Waals surface area contributed by atoms with Crippen LogP contribution in [0.25, 0.3) is 0 Å². The first kappa shape index (κ1) is 14.9. The second-order valence-electron chi connectivity index (χ2n) is 4.07. The van der Waals surface area contributed by atoms with Crippen LogP contribution in [-0.2, 0) is 16.0 Å². The zero-order chi connectivity index (χ0) is 14.6. The number of aliphatic hydroxyl groups is 2. The summed E-state index contributed by atoms with van der Waals surface area (Å²) in [6, 6.07) is 3.77. The lowest BCUT2D eigenvalue weighted by Gasteiger charge is -2.18. The third kappa shape index (κ3) is 4.23. The highest BCUT2D eigenvalue weighted by atomic mass is 16.4. The first-order valence-electron chi connectivity index (χ1n) is 5.42. The number of hydrogen-bond donors (Lipinski definition) is 5. The molecule has 0 aliphatic carbocycles. The van der Waals surface area contributed by atoms with E-state index in [1.165, 1.54) is 18.2 Å². The van der Waals surface area contributed by atoms with Gasteiger partial charge in [-0.2, -0.15) is 0 Å². The first-order valence-corrected chi connectivity index (χ1v) is 5.42. The Labute approximate surface area is 108 Å². The third-order valence-electron chi connectivity index (χ3n) is 2.51. The van der Waals surface area contributed by atoms with E-state index < -0.39 is 30.6 Å². The summed E-state index contributed by atoms with van der Waals surface area (Å²) in [6.45, 7) is 0. The van der Waals surface area contributed by atoms with Crippen molar-refractivity contribution in [2.75, 3.05) is 0 Å². The number of phenolic OH excluding ortho intramolecular Hbond substituents is 1. The normalized spacial score (nSPS) is 13.8. The smallest absolute Gasteiger partial charge is 0.307 e. The highest BCUT2D eigenvalue weighted by Crippen LogP contribution is 2.28. The Bertz CT molecular complexity index is 483. The number of rotatable bonds is 6. The summed E-state index contributed by atoms with van der Waals surface area (Å²) in [5, 5.41) is 45.9. The molecule has 0 aliphatic rings. The molecule has 5 N–H and O–H groups in total. The largest absolute Gasteiger partial charge is 0.508 e. The maximum absolute atomic E-state index is 10.6. The Morgan fingerprint density at radius 2 is 1.74 bits per heavy atom. The van der Waals surface area contributed by atoms with E-state index in [-0.39, 0.29) is 17.7 Å². The Morgan fingerprint density at radius 1 is 1.11 bits per heavy atom. The number of hydrogen-bond acceptors (Lipinski definition) is 5. The van der Waals surface area contributed by atoms with E-state index in [2.05, 4.69) is 0 Å². The van der Waals surface area contributed by atoms with Crippen LogP contribution in [0.5, 0.6) is 5.75 Å². The predicted molar refractivity (Wildman–Crippen MR) is 62.7 cm³/mol. The molecule has 0 aliphatic heterocycles. The van der Waals surface area contributed by atoms with Gasteiger partial charge >= 0.3 is 11.9 Å². The van der Waals surface area contributed by atoms with Gasteiger partial charge in [0.05, 0.1) is 18.9 Å². The fourth-order valence-electron chi connectivity index (χ4n) is 1.62. The van der Waals surface area contributed by atoms with Gasteiger partial charge in [-0.05, 0) is 17.7 Å². The van der Waals surface area contributed by atoms with Gasteiger partial charge in [-0.1, -0.05) is 6.07 Å². The van der Waals surface area contributed by atoms with Gasteiger partial charge in [0.2, 0.25) is 0 Å². The van der Waals surface area contributed by atoms with Crippen LogP contribution < -0.4 is 0 Å². The van der Waals surface area contributed by atoms with E-state index in [0.717, 1.165) is 0 Å². The van der Waals surface area contributed by atoms with Crippen molar-refractivity contribution in [3.8, 4) is 5.75 Å². The number of aliphatic hydroxyl groups excluding tert-OH is 2. The van der Waals surface area contributed by atoms with E-state index in [9.17, 15) is 24.9 Å². The van der Waals surface area contributed by atoms with Gasteiger partial charge in [-0.25, -0.2) is 0 Å². The summed E-state index contributed by atoms with van der Waals surface area (Å²) in [4.78, 5) is 21.0. The molecule has 2 unspecified atom stereocenters. The molecular weight excluding hydrogens is 256 g/mol. The minimum atomic E-state index is -1.61. The van der Waals surface area contributed by atoms with E-state index in [1.54, 1.807) is 0 Å². The summed E-state index contributed by atoms with van der Waals surface area (Å²) >= 11 is 0. The molecular formula is C12H14O7. The Morgan fingerprint density at radius 3 is 2.26 bits per heavy atom. The molecule has 7 heteroatoms. The molecule has 0 fully saturated rings. The summed E-state index contributed by atoms with van der Waals surface area (Å²) in [6.07, 6.45) is -4.20. The average molecular weight is 270 g/mol. The molecule has 0 radical (unpaired) electrons. The van der Waals surface area contributed by atoms with Crippen molar-refractivity contribution in [2.45, 2.75) is 25.0 Å². The molecule has 0 heterocycles. The molecule has 19 heavy (non-hydrogen) atoms. The van der Waals surface area contributed by atoms with E-state index >= 15 is 0 Å². The van der Waals surface area contributed by atoms with E-state index in [4.69, 9.17) is 10.2 Å². The number of benzene rings is 1. The average Bonchev–Trinajstić information content (AvgIpc) is 2.29. The highest BCUT2D eigenvalue weighted by molar-refractivity contribution is 5.70. The monoisotopic (exact) mass is 270 g/mol. The Kier molecular flexibility index (Phi) is 4.85. The Balaban J connectivity index is 2.97. The number of phenols is 1. The van der Waals surface area contributed by atoms with Gasteiger partial charge in [-0.15, -0.1) is 0 Å². The van der Waals surface area contributed by atoms with Crippen LogP contribution >= 0.6 is 0 Å². The maximum Gasteiger partial charge on any atom is 0.307 e. The van der Waals surface area contributed by atoms with Crippen molar-refractivity contribution in [3.05, 3.63) is 29.3 Å². The summed E-state index contributed by atoms with van der Waals surface area (Å²) in [7, 11) is 0. The van der Waals surface area contributed by atoms with Crippen LogP contribution in [0.4, 0.5) is 0 Å². The van der Waals surface area contributed by atoms with Crippen LogP contribution in [0.2, 0.25) is 0 Å². The fraction of sp³-hybridized carbons (Fsp3) is 0.333. The van der Waals surface area contributed by atoms with Crippen molar-refractivity contribution in [1.82, 2.24) is 0 Å². The van der Waals surface area contributed by atoms with Crippen molar-refractivity contribution >= 4 is 11.9 Å². The molecule has 104 valence electrons. The molecule has 0 saturated carbocycles. The fourth-order valence-corrected chi connectivity index (χ4v) is 1.62. The highest BCUT2D eigenvalue weighted by Gasteiger charge is 2.24. The zero-order valence-corrected chi connectivity index (χ0v) is 9.85. The number of carboxylic acid groups (broad SMARTS) is 2. The molecule has 0 spiro atoms. The van der Waals surface area contributed by atoms with E-state index in [1.807, 2.05) is 0 Å². The SMILES string of the molecule is O=C(O)Cc1ccc(O)c(C(O)C(O)CC(=O)O)c1. The Hall–Kier alpha value is -2.12. The maximum atomic E-state index is 10.6. The summed E-state index contributed by atoms with van der Waals surface area (Å²) < 4.78 is 0. The molecule has 1 aromatic carbocycles. The quantitative estimate of drug-likeness (QED) is 0.486. The van der Waals surface area contributed by atoms with Crippen LogP contribution in [0.15, 0.2) is 18.2 Å². The predicted octanol–water partition coefficient (Wildman–Crippen LogP) is -0.112. The van der Waals surface area contributed by atoms with Gasteiger partial charge in [-0.3, -0.25) is 9.59 Å². The van der Waals surface area contributed by atoms with Gasteiger partial charge in [0.1, 0.15) is 11.9 Å². The van der Waals surface area contributed by atoms with Crippen LogP contribution in [-0.4, -0.2) is 43.6 Å². The van der Waals surface area contributed by atoms with Crippen LogP contribution in [0.1, 0.15) is 23.7 Å². The molecule has 0 bridgehead atoms. The lowest BCUT2D eigenvalue weighted by atomic mass is 9.98. The van der Waals surface area contributed by atoms with Gasteiger partial charge < -0.3 is 25.5 Å². The van der Waals surface area contributed by atoms with Crippen molar-refractivity contribution in [1.29, 1.82) is 0 Å². The number of carboxylic acids is 2. The van der Waals surface area contributed by atoms with Gasteiger partial charge in [0.15, 0.2) is 0 Å². The second kappa shape index (κ2) is 6.17. The topological polar surface area (TPSA) is 135 Å². The minimum absolute atomic E-state index is 0.104. The molecule has 1 aromatic rings. The molecule has 1 rings (SSSR count). The van der Waals surface area contributed by atoms with E-state index in [0.29, 0.717) is 5.56 Å². The third-order valence-corrected chi connectivity index (χ3v) is 2.51. The molecule has 0 saturated heterocycles. The molecule has 0 amide bonds. The van der Waals surface area contributed by atoms with Crippen molar-refractivity contribution in [3.63, 3.8) is 0 Å². The second-order valence-corrected chi connectivity index (χ2v) is 4.07. The van der Waals surface area contributed by atoms with Crippen molar-refractivity contribution in [2.24, 2.45) is 0 Å². The van der Waals surface area contributed by atoms with Gasteiger partial charge in [0.25, 0.3) is 0 Å². The zero-order valence-electron chi connectivity index (χ0n) is 9.85. The molecule has 7 nitrogen and oxygen atoms in total.